The summed E-state index contributed by atoms with van der Waals surface area (Å²) >= 11 is 0. The van der Waals surface area contributed by atoms with Crippen LogP contribution in [0.25, 0.3) is 11.0 Å². The number of carbonyl (C=O) groups is 1. The maximum atomic E-state index is 12.0. The predicted octanol–water partition coefficient (Wildman–Crippen LogP) is 1.85. The molecule has 0 unspecified atom stereocenters. The van der Waals surface area contributed by atoms with Crippen molar-refractivity contribution in [2.24, 2.45) is 0 Å². The van der Waals surface area contributed by atoms with E-state index in [1.54, 1.807) is 6.33 Å². The molecule has 2 atom stereocenters. The van der Waals surface area contributed by atoms with Gasteiger partial charge in [-0.1, -0.05) is 25.0 Å². The minimum absolute atomic E-state index is 0.00117. The number of aliphatic hydroxyl groups excluding tert-OH is 1. The SMILES string of the molecule is O=C(CCn1cnc2ccccc21)N[C@H]1CCCC[C@@H]1O. The number of benzene rings is 1. The molecule has 1 heterocycles. The summed E-state index contributed by atoms with van der Waals surface area (Å²) in [6.45, 7) is 0.606. The van der Waals surface area contributed by atoms with E-state index in [0.29, 0.717) is 13.0 Å². The van der Waals surface area contributed by atoms with Crippen molar-refractivity contribution in [3.05, 3.63) is 30.6 Å². The molecule has 1 fully saturated rings. The normalized spacial score (nSPS) is 22.3. The molecule has 0 spiro atoms. The fourth-order valence-electron chi connectivity index (χ4n) is 2.97. The van der Waals surface area contributed by atoms with Gasteiger partial charge in [-0.25, -0.2) is 4.98 Å². The van der Waals surface area contributed by atoms with Crippen molar-refractivity contribution < 1.29 is 9.90 Å². The van der Waals surface area contributed by atoms with Crippen LogP contribution in [0.4, 0.5) is 0 Å². The first kappa shape index (κ1) is 14.1. The van der Waals surface area contributed by atoms with Gasteiger partial charge in [0.15, 0.2) is 0 Å². The van der Waals surface area contributed by atoms with Crippen LogP contribution in [-0.2, 0) is 11.3 Å². The number of aliphatic hydroxyl groups is 1. The van der Waals surface area contributed by atoms with Gasteiger partial charge in [-0.15, -0.1) is 0 Å². The van der Waals surface area contributed by atoms with Gasteiger partial charge < -0.3 is 15.0 Å². The number of aryl methyl sites for hydroxylation is 1. The molecule has 0 saturated heterocycles. The highest BCUT2D eigenvalue weighted by atomic mass is 16.3. The first-order valence-electron chi connectivity index (χ1n) is 7.61. The lowest BCUT2D eigenvalue weighted by molar-refractivity contribution is -0.123. The van der Waals surface area contributed by atoms with Crippen molar-refractivity contribution in [1.82, 2.24) is 14.9 Å². The Hall–Kier alpha value is -1.88. The summed E-state index contributed by atoms with van der Waals surface area (Å²) < 4.78 is 1.99. The molecule has 3 rings (SSSR count). The average Bonchev–Trinajstić information content (AvgIpc) is 2.91. The number of imidazole rings is 1. The number of nitrogens with one attached hydrogen (secondary N) is 1. The average molecular weight is 287 g/mol. The van der Waals surface area contributed by atoms with Crippen LogP contribution in [0.1, 0.15) is 32.1 Å². The molecule has 5 heteroatoms. The Bertz CT molecular complexity index is 623. The van der Waals surface area contributed by atoms with Crippen LogP contribution in [-0.4, -0.2) is 32.7 Å². The lowest BCUT2D eigenvalue weighted by Gasteiger charge is -2.28. The van der Waals surface area contributed by atoms with Crippen molar-refractivity contribution in [3.8, 4) is 0 Å². The molecule has 1 aromatic carbocycles. The second-order valence-corrected chi connectivity index (χ2v) is 5.70. The smallest absolute Gasteiger partial charge is 0.222 e. The molecular weight excluding hydrogens is 266 g/mol. The van der Waals surface area contributed by atoms with Crippen molar-refractivity contribution in [3.63, 3.8) is 0 Å². The van der Waals surface area contributed by atoms with Crippen LogP contribution >= 0.6 is 0 Å². The summed E-state index contributed by atoms with van der Waals surface area (Å²) in [5, 5.41) is 12.8. The van der Waals surface area contributed by atoms with Crippen LogP contribution in [0.5, 0.6) is 0 Å². The van der Waals surface area contributed by atoms with Gasteiger partial charge in [-0.3, -0.25) is 4.79 Å². The highest BCUT2D eigenvalue weighted by Gasteiger charge is 2.24. The van der Waals surface area contributed by atoms with Crippen LogP contribution in [0.2, 0.25) is 0 Å². The van der Waals surface area contributed by atoms with Crippen LogP contribution < -0.4 is 5.32 Å². The lowest BCUT2D eigenvalue weighted by atomic mass is 9.92. The number of rotatable bonds is 4. The molecule has 2 aromatic rings. The van der Waals surface area contributed by atoms with E-state index < -0.39 is 6.10 Å². The van der Waals surface area contributed by atoms with E-state index in [2.05, 4.69) is 10.3 Å². The number of para-hydroxylation sites is 2. The maximum Gasteiger partial charge on any atom is 0.222 e. The number of carbonyl (C=O) groups excluding carboxylic acids is 1. The van der Waals surface area contributed by atoms with Gasteiger partial charge in [-0.05, 0) is 25.0 Å². The molecule has 1 aliphatic carbocycles. The summed E-state index contributed by atoms with van der Waals surface area (Å²) in [6.07, 6.45) is 5.58. The molecule has 1 aromatic heterocycles. The van der Waals surface area contributed by atoms with Crippen molar-refractivity contribution >= 4 is 16.9 Å². The van der Waals surface area contributed by atoms with E-state index in [-0.39, 0.29) is 11.9 Å². The lowest BCUT2D eigenvalue weighted by Crippen LogP contribution is -2.45. The second-order valence-electron chi connectivity index (χ2n) is 5.70. The summed E-state index contributed by atoms with van der Waals surface area (Å²) in [7, 11) is 0. The fourth-order valence-corrected chi connectivity index (χ4v) is 2.97. The van der Waals surface area contributed by atoms with Gasteiger partial charge in [0.05, 0.1) is 29.5 Å². The van der Waals surface area contributed by atoms with Crippen molar-refractivity contribution in [1.29, 1.82) is 0 Å². The summed E-state index contributed by atoms with van der Waals surface area (Å²) in [6, 6.07) is 7.82. The highest BCUT2D eigenvalue weighted by Crippen LogP contribution is 2.18. The van der Waals surface area contributed by atoms with Gasteiger partial charge in [0.1, 0.15) is 0 Å². The molecule has 21 heavy (non-hydrogen) atoms. The van der Waals surface area contributed by atoms with Crippen LogP contribution in [0, 0.1) is 0 Å². The van der Waals surface area contributed by atoms with Gasteiger partial charge in [0.25, 0.3) is 0 Å². The zero-order valence-electron chi connectivity index (χ0n) is 12.0. The highest BCUT2D eigenvalue weighted by molar-refractivity contribution is 5.77. The largest absolute Gasteiger partial charge is 0.391 e. The Morgan fingerprint density at radius 1 is 1.33 bits per heavy atom. The number of hydrogen-bond acceptors (Lipinski definition) is 3. The number of aromatic nitrogens is 2. The molecule has 0 radical (unpaired) electrons. The van der Waals surface area contributed by atoms with E-state index in [1.165, 1.54) is 0 Å². The number of hydrogen-bond donors (Lipinski definition) is 2. The summed E-state index contributed by atoms with van der Waals surface area (Å²) in [5.41, 5.74) is 1.99. The third-order valence-electron chi connectivity index (χ3n) is 4.18. The van der Waals surface area contributed by atoms with Crippen molar-refractivity contribution in [2.45, 2.75) is 50.8 Å². The Balaban J connectivity index is 1.56. The standard InChI is InChI=1S/C16H21N3O2/c20-15-8-4-2-6-13(15)18-16(21)9-10-19-11-17-12-5-1-3-7-14(12)19/h1,3,5,7,11,13,15,20H,2,4,6,8-10H2,(H,18,21)/t13-,15-/m0/s1. The molecular formula is C16H21N3O2. The number of fused-ring (bicyclic) bond motifs is 1. The molecule has 5 nitrogen and oxygen atoms in total. The molecule has 1 saturated carbocycles. The predicted molar refractivity (Wildman–Crippen MR) is 80.8 cm³/mol. The second kappa shape index (κ2) is 6.26. The maximum absolute atomic E-state index is 12.0. The van der Waals surface area contributed by atoms with Crippen LogP contribution in [0.3, 0.4) is 0 Å². The zero-order chi connectivity index (χ0) is 14.7. The Labute approximate surface area is 124 Å². The monoisotopic (exact) mass is 287 g/mol. The van der Waals surface area contributed by atoms with Gasteiger partial charge >= 0.3 is 0 Å². The van der Waals surface area contributed by atoms with E-state index in [4.69, 9.17) is 0 Å². The third-order valence-corrected chi connectivity index (χ3v) is 4.18. The van der Waals surface area contributed by atoms with Gasteiger partial charge in [-0.2, -0.15) is 0 Å². The minimum Gasteiger partial charge on any atom is -0.391 e. The first-order chi connectivity index (χ1) is 10.2. The fraction of sp³-hybridized carbons (Fsp3) is 0.500. The van der Waals surface area contributed by atoms with Crippen LogP contribution in [0.15, 0.2) is 30.6 Å². The summed E-state index contributed by atoms with van der Waals surface area (Å²) in [5.74, 6) is -0.00117. The van der Waals surface area contributed by atoms with E-state index >= 15 is 0 Å². The Morgan fingerprint density at radius 2 is 2.14 bits per heavy atom. The van der Waals surface area contributed by atoms with E-state index in [0.717, 1.165) is 36.7 Å². The van der Waals surface area contributed by atoms with E-state index in [9.17, 15) is 9.90 Å². The van der Waals surface area contributed by atoms with E-state index in [1.807, 2.05) is 28.8 Å². The summed E-state index contributed by atoms with van der Waals surface area (Å²) in [4.78, 5) is 16.3. The molecule has 1 aliphatic rings. The zero-order valence-corrected chi connectivity index (χ0v) is 12.0. The topological polar surface area (TPSA) is 67.2 Å². The third kappa shape index (κ3) is 3.24. The van der Waals surface area contributed by atoms with Gasteiger partial charge in [0, 0.05) is 13.0 Å². The Morgan fingerprint density at radius 3 is 3.00 bits per heavy atom. The molecule has 2 N–H and O–H groups in total. The molecule has 1 amide bonds. The molecule has 0 aliphatic heterocycles. The molecule has 0 bridgehead atoms. The minimum atomic E-state index is -0.392. The first-order valence-corrected chi connectivity index (χ1v) is 7.61. The molecule has 112 valence electrons. The number of nitrogens with zero attached hydrogens (tertiary/aromatic N) is 2. The van der Waals surface area contributed by atoms with Gasteiger partial charge in [0.2, 0.25) is 5.91 Å². The van der Waals surface area contributed by atoms with Crippen molar-refractivity contribution in [2.75, 3.05) is 0 Å². The Kier molecular flexibility index (Phi) is 4.20. The number of amides is 1. The quantitative estimate of drug-likeness (QED) is 0.901.